The van der Waals surface area contributed by atoms with Gasteiger partial charge < -0.3 is 9.55 Å². The van der Waals surface area contributed by atoms with Gasteiger partial charge in [0.1, 0.15) is 5.82 Å². The highest BCUT2D eigenvalue weighted by atomic mass is 32.2. The van der Waals surface area contributed by atoms with Crippen LogP contribution < -0.4 is 0 Å². The van der Waals surface area contributed by atoms with Gasteiger partial charge in [-0.15, -0.1) is 10.2 Å². The topological polar surface area (TPSA) is 80.6 Å². The number of hydrogen-bond acceptors (Lipinski definition) is 5. The number of sulfone groups is 1. The molecule has 1 N–H and O–H groups in total. The normalized spacial score (nSPS) is 11.9. The molecule has 0 aliphatic carbocycles. The van der Waals surface area contributed by atoms with E-state index in [0.29, 0.717) is 17.1 Å². The van der Waals surface area contributed by atoms with Crippen LogP contribution in [0.25, 0.3) is 10.9 Å². The molecule has 0 spiro atoms. The molecule has 2 heterocycles. The fourth-order valence-electron chi connectivity index (χ4n) is 3.30. The highest BCUT2D eigenvalue weighted by Crippen LogP contribution is 2.25. The van der Waals surface area contributed by atoms with Crippen LogP contribution >= 0.6 is 11.8 Å². The molecule has 0 fully saturated rings. The lowest BCUT2D eigenvalue weighted by Crippen LogP contribution is -2.04. The summed E-state index contributed by atoms with van der Waals surface area (Å²) in [5.41, 5.74) is 3.37. The van der Waals surface area contributed by atoms with E-state index in [0.717, 1.165) is 28.6 Å². The van der Waals surface area contributed by atoms with Crippen LogP contribution in [-0.4, -0.2) is 34.4 Å². The van der Waals surface area contributed by atoms with Crippen molar-refractivity contribution >= 4 is 32.5 Å². The number of thioether (sulfide) groups is 1. The number of hydrogen-bond donors (Lipinski definition) is 1. The van der Waals surface area contributed by atoms with E-state index in [4.69, 9.17) is 0 Å². The van der Waals surface area contributed by atoms with Gasteiger partial charge in [-0.2, -0.15) is 0 Å². The Morgan fingerprint density at radius 2 is 1.83 bits per heavy atom. The van der Waals surface area contributed by atoms with E-state index in [1.165, 1.54) is 17.2 Å². The molecule has 8 heteroatoms. The molecular weight excluding hydrogens is 404 g/mol. The number of nitrogens with zero attached hydrogens (tertiary/aromatic N) is 3. The average Bonchev–Trinajstić information content (AvgIpc) is 3.30. The van der Waals surface area contributed by atoms with Crippen molar-refractivity contribution in [1.29, 1.82) is 0 Å². The van der Waals surface area contributed by atoms with Crippen molar-refractivity contribution in [2.24, 2.45) is 0 Å². The zero-order chi connectivity index (χ0) is 20.4. The van der Waals surface area contributed by atoms with Gasteiger partial charge in [0.25, 0.3) is 0 Å². The quantitative estimate of drug-likeness (QED) is 0.451. The van der Waals surface area contributed by atoms with Crippen LogP contribution in [-0.2, 0) is 28.6 Å². The molecule has 0 radical (unpaired) electrons. The van der Waals surface area contributed by atoms with Gasteiger partial charge in [0.15, 0.2) is 15.0 Å². The molecule has 4 rings (SSSR count). The highest BCUT2D eigenvalue weighted by Gasteiger charge is 2.14. The third-order valence-corrected chi connectivity index (χ3v) is 7.02. The first-order valence-electron chi connectivity index (χ1n) is 9.34. The van der Waals surface area contributed by atoms with E-state index in [2.05, 4.69) is 38.8 Å². The Hall–Kier alpha value is -2.58. The fourth-order valence-corrected chi connectivity index (χ4v) is 4.91. The van der Waals surface area contributed by atoms with Gasteiger partial charge in [-0.1, -0.05) is 42.1 Å². The first-order chi connectivity index (χ1) is 14.0. The van der Waals surface area contributed by atoms with Crippen molar-refractivity contribution in [3.63, 3.8) is 0 Å². The first-order valence-corrected chi connectivity index (χ1v) is 12.2. The smallest absolute Gasteiger partial charge is 0.191 e. The number of para-hydroxylation sites is 1. The van der Waals surface area contributed by atoms with Gasteiger partial charge >= 0.3 is 0 Å². The Labute approximate surface area is 174 Å². The molecule has 0 amide bonds. The summed E-state index contributed by atoms with van der Waals surface area (Å²) < 4.78 is 25.3. The highest BCUT2D eigenvalue weighted by molar-refractivity contribution is 7.98. The van der Waals surface area contributed by atoms with Crippen LogP contribution in [0.4, 0.5) is 0 Å². The fraction of sp³-hybridized carbons (Fsp3) is 0.238. The summed E-state index contributed by atoms with van der Waals surface area (Å²) in [4.78, 5) is 3.65. The molecule has 29 heavy (non-hydrogen) atoms. The summed E-state index contributed by atoms with van der Waals surface area (Å²) in [5.74, 6) is 1.64. The van der Waals surface area contributed by atoms with Gasteiger partial charge in [-0.3, -0.25) is 0 Å². The van der Waals surface area contributed by atoms with E-state index >= 15 is 0 Å². The summed E-state index contributed by atoms with van der Waals surface area (Å²) in [6.45, 7) is 2.88. The molecule has 0 aliphatic rings. The van der Waals surface area contributed by atoms with Gasteiger partial charge in [0.2, 0.25) is 0 Å². The summed E-state index contributed by atoms with van der Waals surface area (Å²) in [6, 6.07) is 15.3. The Kier molecular flexibility index (Phi) is 5.47. The predicted octanol–water partition coefficient (Wildman–Crippen LogP) is 4.07. The van der Waals surface area contributed by atoms with E-state index in [1.807, 2.05) is 30.5 Å². The number of benzene rings is 2. The molecule has 2 aromatic carbocycles. The zero-order valence-corrected chi connectivity index (χ0v) is 17.9. The largest absolute Gasteiger partial charge is 0.361 e. The molecule has 0 bridgehead atoms. The SMILES string of the molecule is CCn1c(Cc2c[nH]c3ccccc23)nnc1SCc1ccc(S(C)(=O)=O)cc1. The van der Waals surface area contributed by atoms with Gasteiger partial charge in [-0.25, -0.2) is 8.42 Å². The summed E-state index contributed by atoms with van der Waals surface area (Å²) in [5, 5.41) is 10.9. The Morgan fingerprint density at radius 3 is 2.55 bits per heavy atom. The number of aromatic amines is 1. The standard InChI is InChI=1S/C21H22N4O2S2/c1-3-25-20(12-16-13-22-19-7-5-4-6-18(16)19)23-24-21(25)28-14-15-8-10-17(11-9-15)29(2,26)27/h4-11,13,22H,3,12,14H2,1-2H3. The van der Waals surface area contributed by atoms with Crippen LogP contribution in [0.15, 0.2) is 64.8 Å². The molecule has 0 atom stereocenters. The molecule has 150 valence electrons. The molecular formula is C21H22N4O2S2. The lowest BCUT2D eigenvalue weighted by molar-refractivity contribution is 0.602. The second kappa shape index (κ2) is 8.04. The minimum atomic E-state index is -3.17. The van der Waals surface area contributed by atoms with E-state index in [1.54, 1.807) is 23.9 Å². The monoisotopic (exact) mass is 426 g/mol. The van der Waals surface area contributed by atoms with Crippen LogP contribution in [0, 0.1) is 0 Å². The lowest BCUT2D eigenvalue weighted by Gasteiger charge is -2.07. The molecule has 0 saturated carbocycles. The van der Waals surface area contributed by atoms with Crippen molar-refractivity contribution in [2.45, 2.75) is 35.7 Å². The molecule has 4 aromatic rings. The Bertz CT molecular complexity index is 1240. The minimum absolute atomic E-state index is 0.337. The lowest BCUT2D eigenvalue weighted by atomic mass is 10.1. The van der Waals surface area contributed by atoms with E-state index < -0.39 is 9.84 Å². The van der Waals surface area contributed by atoms with Crippen molar-refractivity contribution in [1.82, 2.24) is 19.7 Å². The van der Waals surface area contributed by atoms with Crippen LogP contribution in [0.1, 0.15) is 23.9 Å². The third-order valence-electron chi connectivity index (χ3n) is 4.85. The van der Waals surface area contributed by atoms with Crippen LogP contribution in [0.3, 0.4) is 0 Å². The number of rotatable bonds is 7. The van der Waals surface area contributed by atoms with Crippen molar-refractivity contribution < 1.29 is 8.42 Å². The van der Waals surface area contributed by atoms with Crippen molar-refractivity contribution in [2.75, 3.05) is 6.26 Å². The van der Waals surface area contributed by atoms with E-state index in [-0.39, 0.29) is 0 Å². The van der Waals surface area contributed by atoms with Crippen LogP contribution in [0.5, 0.6) is 0 Å². The predicted molar refractivity (Wildman–Crippen MR) is 116 cm³/mol. The Balaban J connectivity index is 1.50. The second-order valence-electron chi connectivity index (χ2n) is 6.88. The summed E-state index contributed by atoms with van der Waals surface area (Å²) in [7, 11) is -3.17. The first kappa shape index (κ1) is 19.7. The number of H-pyrrole nitrogens is 1. The molecule has 2 aromatic heterocycles. The average molecular weight is 427 g/mol. The maximum absolute atomic E-state index is 11.6. The van der Waals surface area contributed by atoms with Gasteiger partial charge in [0.05, 0.1) is 4.90 Å². The zero-order valence-electron chi connectivity index (χ0n) is 16.3. The number of nitrogens with one attached hydrogen (secondary N) is 1. The van der Waals surface area contributed by atoms with E-state index in [9.17, 15) is 8.42 Å². The summed E-state index contributed by atoms with van der Waals surface area (Å²) in [6.07, 6.45) is 3.97. The van der Waals surface area contributed by atoms with Crippen LogP contribution in [0.2, 0.25) is 0 Å². The number of fused-ring (bicyclic) bond motifs is 1. The molecule has 0 saturated heterocycles. The van der Waals surface area contributed by atoms with Crippen molar-refractivity contribution in [3.05, 3.63) is 71.7 Å². The van der Waals surface area contributed by atoms with Gasteiger partial charge in [0, 0.05) is 42.1 Å². The number of aromatic nitrogens is 4. The van der Waals surface area contributed by atoms with Gasteiger partial charge in [-0.05, 0) is 36.2 Å². The minimum Gasteiger partial charge on any atom is -0.361 e. The third kappa shape index (κ3) is 4.23. The summed E-state index contributed by atoms with van der Waals surface area (Å²) >= 11 is 1.61. The second-order valence-corrected chi connectivity index (χ2v) is 9.84. The molecule has 0 aliphatic heterocycles. The maximum atomic E-state index is 11.6. The Morgan fingerprint density at radius 1 is 1.07 bits per heavy atom. The van der Waals surface area contributed by atoms with Crippen molar-refractivity contribution in [3.8, 4) is 0 Å². The molecule has 6 nitrogen and oxygen atoms in total. The maximum Gasteiger partial charge on any atom is 0.191 e. The molecule has 0 unspecified atom stereocenters.